The SMILES string of the molecule is CCCCC#CC1=C(CCCC)C2C=CC=CC1N2C(=O)OCC. The van der Waals surface area contributed by atoms with Gasteiger partial charge >= 0.3 is 6.09 Å². The molecular weight excluding hydrogens is 298 g/mol. The van der Waals surface area contributed by atoms with E-state index < -0.39 is 0 Å². The van der Waals surface area contributed by atoms with E-state index in [0.29, 0.717) is 6.61 Å². The Hall–Kier alpha value is -1.95. The van der Waals surface area contributed by atoms with Gasteiger partial charge in [-0.25, -0.2) is 4.79 Å². The highest BCUT2D eigenvalue weighted by Gasteiger charge is 2.41. The Morgan fingerprint density at radius 1 is 1.12 bits per heavy atom. The predicted molar refractivity (Wildman–Crippen MR) is 98.6 cm³/mol. The Morgan fingerprint density at radius 3 is 2.50 bits per heavy atom. The van der Waals surface area contributed by atoms with Crippen molar-refractivity contribution in [2.24, 2.45) is 0 Å². The van der Waals surface area contributed by atoms with Crippen LogP contribution >= 0.6 is 0 Å². The Bertz CT molecular complexity index is 589. The first kappa shape index (κ1) is 18.4. The van der Waals surface area contributed by atoms with Crippen LogP contribution in [0.4, 0.5) is 4.79 Å². The van der Waals surface area contributed by atoms with Crippen molar-refractivity contribution in [3.8, 4) is 11.8 Å². The summed E-state index contributed by atoms with van der Waals surface area (Å²) in [5.74, 6) is 6.71. The van der Waals surface area contributed by atoms with Gasteiger partial charge in [-0.15, -0.1) is 0 Å². The van der Waals surface area contributed by atoms with Gasteiger partial charge in [-0.05, 0) is 31.8 Å². The molecule has 3 nitrogen and oxygen atoms in total. The minimum absolute atomic E-state index is 0.0222. The van der Waals surface area contributed by atoms with Crippen LogP contribution in [0.1, 0.15) is 59.3 Å². The van der Waals surface area contributed by atoms with E-state index in [9.17, 15) is 4.79 Å². The Morgan fingerprint density at radius 2 is 1.83 bits per heavy atom. The van der Waals surface area contributed by atoms with Gasteiger partial charge in [0.1, 0.15) is 0 Å². The molecule has 0 spiro atoms. The molecule has 0 saturated carbocycles. The van der Waals surface area contributed by atoms with Gasteiger partial charge in [0.2, 0.25) is 0 Å². The van der Waals surface area contributed by atoms with Crippen molar-refractivity contribution in [1.29, 1.82) is 0 Å². The number of hydrogen-bond acceptors (Lipinski definition) is 2. The van der Waals surface area contributed by atoms with Crippen LogP contribution < -0.4 is 0 Å². The molecule has 0 aromatic carbocycles. The molecule has 3 heteroatoms. The Kier molecular flexibility index (Phi) is 7.18. The predicted octanol–water partition coefficient (Wildman–Crippen LogP) is 5.00. The van der Waals surface area contributed by atoms with Crippen molar-refractivity contribution in [1.82, 2.24) is 4.90 Å². The zero-order valence-corrected chi connectivity index (χ0v) is 15.2. The number of nitrogens with zero attached hydrogens (tertiary/aromatic N) is 1. The molecule has 0 radical (unpaired) electrons. The van der Waals surface area contributed by atoms with E-state index in [1.165, 1.54) is 5.57 Å². The molecule has 0 aromatic heterocycles. The maximum Gasteiger partial charge on any atom is 0.411 e. The second kappa shape index (κ2) is 9.37. The summed E-state index contributed by atoms with van der Waals surface area (Å²) < 4.78 is 5.31. The highest BCUT2D eigenvalue weighted by atomic mass is 16.6. The molecule has 2 bridgehead atoms. The third-order valence-corrected chi connectivity index (χ3v) is 4.45. The summed E-state index contributed by atoms with van der Waals surface area (Å²) in [7, 11) is 0. The molecule has 2 atom stereocenters. The molecule has 2 aliphatic heterocycles. The fourth-order valence-corrected chi connectivity index (χ4v) is 3.22. The van der Waals surface area contributed by atoms with Gasteiger partial charge < -0.3 is 4.74 Å². The largest absolute Gasteiger partial charge is 0.450 e. The molecule has 0 aromatic rings. The molecule has 0 aliphatic carbocycles. The van der Waals surface area contributed by atoms with Crippen molar-refractivity contribution < 1.29 is 9.53 Å². The van der Waals surface area contributed by atoms with Crippen LogP contribution in [0.3, 0.4) is 0 Å². The number of allylic oxidation sites excluding steroid dienone is 2. The molecule has 0 saturated heterocycles. The molecule has 24 heavy (non-hydrogen) atoms. The quantitative estimate of drug-likeness (QED) is 0.507. The average molecular weight is 327 g/mol. The molecule has 0 fully saturated rings. The van der Waals surface area contributed by atoms with Crippen molar-refractivity contribution in [3.05, 3.63) is 35.5 Å². The molecule has 2 heterocycles. The first-order chi connectivity index (χ1) is 11.7. The molecule has 2 rings (SSSR count). The van der Waals surface area contributed by atoms with Crippen LogP contribution in [-0.2, 0) is 4.74 Å². The average Bonchev–Trinajstić information content (AvgIpc) is 2.71. The molecule has 2 unspecified atom stereocenters. The van der Waals surface area contributed by atoms with E-state index in [4.69, 9.17) is 4.74 Å². The number of carbonyl (C=O) groups excluding carboxylic acids is 1. The number of amides is 1. The number of fused-ring (bicyclic) bond motifs is 2. The van der Waals surface area contributed by atoms with E-state index >= 15 is 0 Å². The number of ether oxygens (including phenoxy) is 1. The summed E-state index contributed by atoms with van der Waals surface area (Å²) in [5, 5.41) is 0. The van der Waals surface area contributed by atoms with Crippen LogP contribution in [0.25, 0.3) is 0 Å². The van der Waals surface area contributed by atoms with Crippen molar-refractivity contribution in [2.45, 2.75) is 71.4 Å². The Labute approximate surface area is 146 Å². The first-order valence-corrected chi connectivity index (χ1v) is 9.26. The summed E-state index contributed by atoms with van der Waals surface area (Å²) in [6, 6.07) is -0.115. The monoisotopic (exact) mass is 327 g/mol. The zero-order chi connectivity index (χ0) is 17.4. The van der Waals surface area contributed by atoms with Gasteiger partial charge in [-0.2, -0.15) is 0 Å². The summed E-state index contributed by atoms with van der Waals surface area (Å²) in [6.07, 6.45) is 14.4. The lowest BCUT2D eigenvalue weighted by atomic mass is 9.95. The topological polar surface area (TPSA) is 29.5 Å². The number of carbonyl (C=O) groups is 1. The van der Waals surface area contributed by atoms with E-state index in [1.54, 1.807) is 0 Å². The van der Waals surface area contributed by atoms with Gasteiger partial charge in [0.05, 0.1) is 18.7 Å². The van der Waals surface area contributed by atoms with Crippen LogP contribution in [0.15, 0.2) is 35.5 Å². The zero-order valence-electron chi connectivity index (χ0n) is 15.2. The fraction of sp³-hybridized carbons (Fsp3) is 0.571. The summed E-state index contributed by atoms with van der Waals surface area (Å²) >= 11 is 0. The smallest absolute Gasteiger partial charge is 0.411 e. The van der Waals surface area contributed by atoms with Crippen LogP contribution in [0.2, 0.25) is 0 Å². The van der Waals surface area contributed by atoms with Gasteiger partial charge in [0.15, 0.2) is 0 Å². The third kappa shape index (κ3) is 4.12. The second-order valence-corrected chi connectivity index (χ2v) is 6.21. The Balaban J connectivity index is 2.35. The van der Waals surface area contributed by atoms with Crippen LogP contribution in [0, 0.1) is 11.8 Å². The van der Waals surface area contributed by atoms with Crippen molar-refractivity contribution in [3.63, 3.8) is 0 Å². The number of rotatable bonds is 6. The highest BCUT2D eigenvalue weighted by Crippen LogP contribution is 2.36. The standard InChI is InChI=1S/C21H29NO2/c1-4-7-9-10-14-18-17(13-8-5-2)19-15-11-12-16-20(18)22(19)21(23)24-6-3/h11-12,15-16,19-20H,4-9,13H2,1-3H3. The maximum atomic E-state index is 12.5. The van der Waals surface area contributed by atoms with E-state index in [1.807, 2.05) is 24.0 Å². The highest BCUT2D eigenvalue weighted by molar-refractivity contribution is 5.74. The lowest BCUT2D eigenvalue weighted by molar-refractivity contribution is 0.102. The summed E-state index contributed by atoms with van der Waals surface area (Å²) in [5.41, 5.74) is 2.40. The lowest BCUT2D eigenvalue weighted by Crippen LogP contribution is -2.41. The second-order valence-electron chi connectivity index (χ2n) is 6.21. The lowest BCUT2D eigenvalue weighted by Gasteiger charge is -2.27. The van der Waals surface area contributed by atoms with Crippen molar-refractivity contribution in [2.75, 3.05) is 6.61 Å². The molecule has 1 amide bonds. The van der Waals surface area contributed by atoms with Gasteiger partial charge in [0, 0.05) is 12.0 Å². The molecule has 130 valence electrons. The maximum absolute atomic E-state index is 12.5. The van der Waals surface area contributed by atoms with Gasteiger partial charge in [-0.3, -0.25) is 4.90 Å². The summed E-state index contributed by atoms with van der Waals surface area (Å²) in [4.78, 5) is 14.4. The van der Waals surface area contributed by atoms with E-state index in [2.05, 4.69) is 37.8 Å². The number of hydrogen-bond donors (Lipinski definition) is 0. The minimum Gasteiger partial charge on any atom is -0.450 e. The normalized spacial score (nSPS) is 21.5. The summed E-state index contributed by atoms with van der Waals surface area (Å²) in [6.45, 7) is 6.61. The van der Waals surface area contributed by atoms with Crippen molar-refractivity contribution >= 4 is 6.09 Å². The fourth-order valence-electron chi connectivity index (χ4n) is 3.22. The molecule has 0 N–H and O–H groups in total. The number of unbranched alkanes of at least 4 members (excludes halogenated alkanes) is 3. The van der Waals surface area contributed by atoms with Gasteiger partial charge in [0.25, 0.3) is 0 Å². The van der Waals surface area contributed by atoms with Gasteiger partial charge in [-0.1, -0.05) is 62.8 Å². The molecule has 2 aliphatic rings. The third-order valence-electron chi connectivity index (χ3n) is 4.45. The van der Waals surface area contributed by atoms with Crippen LogP contribution in [0.5, 0.6) is 0 Å². The first-order valence-electron chi connectivity index (χ1n) is 9.26. The van der Waals surface area contributed by atoms with E-state index in [0.717, 1.165) is 44.1 Å². The molecular formula is C21H29NO2. The van der Waals surface area contributed by atoms with Crippen LogP contribution in [-0.4, -0.2) is 29.7 Å². The minimum atomic E-state index is -0.247. The van der Waals surface area contributed by atoms with E-state index in [-0.39, 0.29) is 18.2 Å².